The summed E-state index contributed by atoms with van der Waals surface area (Å²) in [6, 6.07) is 10.8. The number of nitrogens with zero attached hydrogens (tertiary/aromatic N) is 3. The molecular formula is C22H24ClN3O4. The summed E-state index contributed by atoms with van der Waals surface area (Å²) in [5, 5.41) is 10.9. The lowest BCUT2D eigenvalue weighted by atomic mass is 9.82. The van der Waals surface area contributed by atoms with E-state index in [0.29, 0.717) is 43.4 Å². The minimum atomic E-state index is -0.774. The smallest absolute Gasteiger partial charge is 0.252 e. The summed E-state index contributed by atoms with van der Waals surface area (Å²) in [7, 11) is 0. The van der Waals surface area contributed by atoms with Crippen LogP contribution in [0.5, 0.6) is 0 Å². The van der Waals surface area contributed by atoms with Crippen molar-refractivity contribution in [1.29, 1.82) is 0 Å². The number of benzene rings is 1. The molecule has 2 aromatic rings. The van der Waals surface area contributed by atoms with E-state index in [1.807, 2.05) is 42.2 Å². The first-order chi connectivity index (χ1) is 14.4. The maximum atomic E-state index is 13.5. The van der Waals surface area contributed by atoms with Crippen molar-refractivity contribution in [3.8, 4) is 0 Å². The minimum absolute atomic E-state index is 0.130. The van der Waals surface area contributed by atoms with Gasteiger partial charge in [-0.2, -0.15) is 0 Å². The first kappa shape index (κ1) is 19.8. The molecule has 4 heterocycles. The third kappa shape index (κ3) is 3.17. The molecule has 0 aliphatic carbocycles. The number of imide groups is 1. The monoisotopic (exact) mass is 429 g/mol. The largest absolute Gasteiger partial charge is 0.464 e. The zero-order chi connectivity index (χ0) is 21.0. The number of hydrogen-bond donors (Lipinski definition) is 1. The van der Waals surface area contributed by atoms with Crippen molar-refractivity contribution in [3.63, 3.8) is 0 Å². The maximum absolute atomic E-state index is 13.5. The molecule has 5 rings (SSSR count). The third-order valence-corrected chi connectivity index (χ3v) is 6.67. The van der Waals surface area contributed by atoms with E-state index in [2.05, 4.69) is 4.90 Å². The lowest BCUT2D eigenvalue weighted by Crippen LogP contribution is -2.81. The molecule has 2 atom stereocenters. The average molecular weight is 430 g/mol. The number of amides is 2. The van der Waals surface area contributed by atoms with Crippen LogP contribution in [0.25, 0.3) is 0 Å². The van der Waals surface area contributed by atoms with E-state index in [1.165, 1.54) is 4.90 Å². The van der Waals surface area contributed by atoms with Crippen LogP contribution >= 0.6 is 11.6 Å². The fraction of sp³-hybridized carbons (Fsp3) is 0.455. The number of aliphatic hydroxyl groups is 1. The van der Waals surface area contributed by atoms with Crippen LogP contribution in [0.15, 0.2) is 40.8 Å². The van der Waals surface area contributed by atoms with Crippen molar-refractivity contribution >= 4 is 23.4 Å². The van der Waals surface area contributed by atoms with Crippen LogP contribution in [-0.4, -0.2) is 68.9 Å². The van der Waals surface area contributed by atoms with E-state index in [4.69, 9.17) is 16.0 Å². The number of likely N-dealkylation sites (tertiary alicyclic amines) is 1. The number of aliphatic hydroxyl groups excluding tert-OH is 1. The molecule has 3 aliphatic heterocycles. The molecule has 1 N–H and O–H groups in total. The van der Waals surface area contributed by atoms with Gasteiger partial charge in [-0.15, -0.1) is 0 Å². The number of fused-ring (bicyclic) bond motifs is 2. The molecule has 7 nitrogen and oxygen atoms in total. The van der Waals surface area contributed by atoms with Gasteiger partial charge >= 0.3 is 0 Å². The van der Waals surface area contributed by atoms with Crippen molar-refractivity contribution in [2.75, 3.05) is 19.6 Å². The van der Waals surface area contributed by atoms with Crippen molar-refractivity contribution in [1.82, 2.24) is 14.7 Å². The number of carbonyl (C=O) groups is 2. The number of carbonyl (C=O) groups excluding carboxylic acids is 2. The summed E-state index contributed by atoms with van der Waals surface area (Å²) in [4.78, 5) is 32.1. The van der Waals surface area contributed by atoms with Gasteiger partial charge in [-0.1, -0.05) is 23.7 Å². The first-order valence-electron chi connectivity index (χ1n) is 10.2. The number of halogens is 1. The molecule has 30 heavy (non-hydrogen) atoms. The molecule has 3 fully saturated rings. The molecule has 3 saturated heterocycles. The van der Waals surface area contributed by atoms with E-state index in [0.717, 1.165) is 11.3 Å². The summed E-state index contributed by atoms with van der Waals surface area (Å²) in [5.41, 5.74) is 0.346. The molecular weight excluding hydrogens is 406 g/mol. The predicted octanol–water partition coefficient (Wildman–Crippen LogP) is 1.80. The van der Waals surface area contributed by atoms with Crippen LogP contribution in [-0.2, 0) is 22.7 Å². The third-order valence-electron chi connectivity index (χ3n) is 6.42. The molecule has 0 radical (unpaired) electrons. The molecule has 1 aromatic carbocycles. The quantitative estimate of drug-likeness (QED) is 0.747. The Kier molecular flexibility index (Phi) is 4.74. The van der Waals surface area contributed by atoms with Crippen LogP contribution in [0.4, 0.5) is 0 Å². The van der Waals surface area contributed by atoms with E-state index >= 15 is 0 Å². The Bertz CT molecular complexity index is 983. The van der Waals surface area contributed by atoms with Crippen LogP contribution < -0.4 is 0 Å². The molecule has 1 spiro atoms. The lowest BCUT2D eigenvalue weighted by molar-refractivity contribution is -0.181. The minimum Gasteiger partial charge on any atom is -0.464 e. The summed E-state index contributed by atoms with van der Waals surface area (Å²) in [6.45, 7) is 4.08. The molecule has 0 saturated carbocycles. The number of aryl methyl sites for hydroxylation is 1. The fourth-order valence-electron chi connectivity index (χ4n) is 5.02. The van der Waals surface area contributed by atoms with Crippen LogP contribution in [0.3, 0.4) is 0 Å². The van der Waals surface area contributed by atoms with E-state index in [1.54, 1.807) is 6.07 Å². The molecule has 1 aromatic heterocycles. The van der Waals surface area contributed by atoms with Crippen molar-refractivity contribution in [2.24, 2.45) is 0 Å². The SMILES string of the molecule is Cc1ccc(CN2C(=O)C3CC(O)CN3C3(CN(Cc4ccc(Cl)cc4)C3)C2=O)o1. The number of rotatable bonds is 4. The molecule has 8 heteroatoms. The van der Waals surface area contributed by atoms with Crippen LogP contribution in [0.2, 0.25) is 5.02 Å². The zero-order valence-electron chi connectivity index (χ0n) is 16.8. The number of furan rings is 1. The summed E-state index contributed by atoms with van der Waals surface area (Å²) >= 11 is 5.97. The number of hydrogen-bond acceptors (Lipinski definition) is 6. The van der Waals surface area contributed by atoms with Crippen molar-refractivity contribution in [2.45, 2.75) is 44.1 Å². The second-order valence-electron chi connectivity index (χ2n) is 8.60. The van der Waals surface area contributed by atoms with Gasteiger partial charge in [-0.05, 0) is 43.2 Å². The lowest BCUT2D eigenvalue weighted by Gasteiger charge is -2.58. The van der Waals surface area contributed by atoms with Gasteiger partial charge in [0, 0.05) is 31.2 Å². The van der Waals surface area contributed by atoms with Crippen LogP contribution in [0, 0.1) is 6.92 Å². The van der Waals surface area contributed by atoms with Gasteiger partial charge in [0.15, 0.2) is 0 Å². The predicted molar refractivity (Wildman–Crippen MR) is 110 cm³/mol. The highest BCUT2D eigenvalue weighted by atomic mass is 35.5. The molecule has 3 aliphatic rings. The Morgan fingerprint density at radius 3 is 2.53 bits per heavy atom. The second-order valence-corrected chi connectivity index (χ2v) is 9.04. The molecule has 2 amide bonds. The van der Waals surface area contributed by atoms with Gasteiger partial charge in [0.2, 0.25) is 5.91 Å². The van der Waals surface area contributed by atoms with Crippen LogP contribution in [0.1, 0.15) is 23.5 Å². The molecule has 0 bridgehead atoms. The van der Waals surface area contributed by atoms with Gasteiger partial charge < -0.3 is 9.52 Å². The normalized spacial score (nSPS) is 26.3. The number of β-amino-alcohol motifs (C(OH)–C–C–N with tert-alkyl or cyclic N) is 1. The van der Waals surface area contributed by atoms with Crippen molar-refractivity contribution < 1.29 is 19.1 Å². The molecule has 2 unspecified atom stereocenters. The van der Waals surface area contributed by atoms with Gasteiger partial charge in [0.1, 0.15) is 17.1 Å². The highest BCUT2D eigenvalue weighted by Gasteiger charge is 2.64. The first-order valence-corrected chi connectivity index (χ1v) is 10.6. The van der Waals surface area contributed by atoms with E-state index in [9.17, 15) is 14.7 Å². The van der Waals surface area contributed by atoms with E-state index < -0.39 is 17.7 Å². The van der Waals surface area contributed by atoms with Gasteiger partial charge in [-0.25, -0.2) is 0 Å². The standard InChI is InChI=1S/C22H24ClN3O4/c1-14-2-7-18(30-14)11-25-20(28)19-8-17(27)10-26(19)22(21(25)29)12-24(13-22)9-15-3-5-16(23)6-4-15/h2-7,17,19,27H,8-13H2,1H3. The highest BCUT2D eigenvalue weighted by Crippen LogP contribution is 2.41. The van der Waals surface area contributed by atoms with Gasteiger partial charge in [0.25, 0.3) is 5.91 Å². The van der Waals surface area contributed by atoms with Gasteiger partial charge in [0.05, 0.1) is 18.7 Å². The Labute approximate surface area is 179 Å². The molecule has 158 valence electrons. The Morgan fingerprint density at radius 2 is 1.87 bits per heavy atom. The topological polar surface area (TPSA) is 77.2 Å². The summed E-state index contributed by atoms with van der Waals surface area (Å²) in [6.07, 6.45) is -0.238. The zero-order valence-corrected chi connectivity index (χ0v) is 17.5. The van der Waals surface area contributed by atoms with Crippen molar-refractivity contribution in [3.05, 3.63) is 58.5 Å². The fourth-order valence-corrected chi connectivity index (χ4v) is 5.15. The average Bonchev–Trinajstić information content (AvgIpc) is 3.28. The highest BCUT2D eigenvalue weighted by molar-refractivity contribution is 6.30. The Balaban J connectivity index is 1.38. The number of piperazine rings is 1. The van der Waals surface area contributed by atoms with E-state index in [-0.39, 0.29) is 18.4 Å². The summed E-state index contributed by atoms with van der Waals surface area (Å²) < 4.78 is 5.61. The Morgan fingerprint density at radius 1 is 1.13 bits per heavy atom. The summed E-state index contributed by atoms with van der Waals surface area (Å²) in [5.74, 6) is 0.896. The second kappa shape index (κ2) is 7.20. The Hall–Kier alpha value is -2.19. The van der Waals surface area contributed by atoms with Gasteiger partial charge in [-0.3, -0.25) is 24.3 Å². The maximum Gasteiger partial charge on any atom is 0.252 e.